The number of aryl methyl sites for hydroxylation is 1. The number of amides is 1. The van der Waals surface area contributed by atoms with E-state index in [9.17, 15) is 13.6 Å². The van der Waals surface area contributed by atoms with Gasteiger partial charge < -0.3 is 9.47 Å². The molecule has 0 aliphatic rings. The molecule has 2 rings (SSSR count). The zero-order valence-corrected chi connectivity index (χ0v) is 14.6. The van der Waals surface area contributed by atoms with Crippen LogP contribution in [0.15, 0.2) is 28.4 Å². The predicted octanol–water partition coefficient (Wildman–Crippen LogP) is 5.24. The lowest BCUT2D eigenvalue weighted by molar-refractivity contribution is -0.0552. The summed E-state index contributed by atoms with van der Waals surface area (Å²) in [7, 11) is 1.41. The number of ether oxygens (including phenoxy) is 2. The van der Waals surface area contributed by atoms with Gasteiger partial charge in [-0.1, -0.05) is 34.4 Å². The number of carbonyl (C=O) groups excluding carboxylic acids is 1. The fraction of sp³-hybridized carbons (Fsp3) is 0.286. The molecule has 134 valence electrons. The third kappa shape index (κ3) is 4.64. The summed E-state index contributed by atoms with van der Waals surface area (Å²) in [5.74, 6) is -0.281. The van der Waals surface area contributed by atoms with Crippen molar-refractivity contribution >= 4 is 35.0 Å². The number of nitrogens with zero attached hydrogens (tertiary/aromatic N) is 4. The largest absolute Gasteiger partial charge is 0.452 e. The van der Waals surface area contributed by atoms with E-state index in [0.717, 1.165) is 4.68 Å². The molecule has 0 aliphatic carbocycles. The number of aromatic nitrogens is 2. The molecule has 0 unspecified atom stereocenters. The monoisotopic (exact) mass is 392 g/mol. The first-order valence-corrected chi connectivity index (χ1v) is 7.64. The van der Waals surface area contributed by atoms with Crippen molar-refractivity contribution in [3.05, 3.63) is 28.2 Å². The number of halogens is 4. The van der Waals surface area contributed by atoms with Gasteiger partial charge in [0.2, 0.25) is 5.88 Å². The molecule has 1 heterocycles. The highest BCUT2D eigenvalue weighted by Crippen LogP contribution is 2.38. The molecule has 0 bridgehead atoms. The van der Waals surface area contributed by atoms with Crippen LogP contribution in [0.1, 0.15) is 6.92 Å². The van der Waals surface area contributed by atoms with Gasteiger partial charge in [-0.05, 0) is 19.1 Å². The number of rotatable bonds is 5. The van der Waals surface area contributed by atoms with Crippen LogP contribution in [0.2, 0.25) is 10.0 Å². The highest BCUT2D eigenvalue weighted by Gasteiger charge is 2.20. The van der Waals surface area contributed by atoms with Crippen molar-refractivity contribution in [3.63, 3.8) is 0 Å². The van der Waals surface area contributed by atoms with Crippen molar-refractivity contribution in [3.8, 4) is 17.1 Å². The molecule has 2 aromatic rings. The van der Waals surface area contributed by atoms with Crippen LogP contribution in [0.4, 0.5) is 19.3 Å². The van der Waals surface area contributed by atoms with Crippen molar-refractivity contribution in [2.24, 2.45) is 17.3 Å². The van der Waals surface area contributed by atoms with Crippen molar-refractivity contribution in [1.82, 2.24) is 9.78 Å². The summed E-state index contributed by atoms with van der Waals surface area (Å²) in [6, 6.07) is 4.49. The topological polar surface area (TPSA) is 78.1 Å². The van der Waals surface area contributed by atoms with Crippen LogP contribution in [-0.2, 0) is 11.8 Å². The first-order valence-electron chi connectivity index (χ1n) is 6.89. The van der Waals surface area contributed by atoms with Gasteiger partial charge in [0, 0.05) is 12.6 Å². The maximum absolute atomic E-state index is 12.4. The summed E-state index contributed by atoms with van der Waals surface area (Å²) in [5, 5.41) is 11.2. The summed E-state index contributed by atoms with van der Waals surface area (Å²) >= 11 is 12.1. The normalized spacial score (nSPS) is 11.3. The first kappa shape index (κ1) is 19.1. The summed E-state index contributed by atoms with van der Waals surface area (Å²) in [5.41, 5.74) is 0.765. The van der Waals surface area contributed by atoms with E-state index in [-0.39, 0.29) is 33.9 Å². The minimum absolute atomic E-state index is 0.0987. The molecule has 0 saturated carbocycles. The zero-order chi connectivity index (χ0) is 18.6. The number of alkyl halides is 2. The predicted molar refractivity (Wildman–Crippen MR) is 86.8 cm³/mol. The number of hydrogen-bond acceptors (Lipinski definition) is 5. The lowest BCUT2D eigenvalue weighted by atomic mass is 10.1. The van der Waals surface area contributed by atoms with Crippen LogP contribution in [0.25, 0.3) is 11.3 Å². The molecule has 0 N–H and O–H groups in total. The van der Waals surface area contributed by atoms with Gasteiger partial charge in [-0.25, -0.2) is 9.48 Å². The van der Waals surface area contributed by atoms with E-state index in [1.807, 2.05) is 0 Å². The fourth-order valence-corrected chi connectivity index (χ4v) is 2.33. The average molecular weight is 393 g/mol. The Balaban J connectivity index is 2.38. The van der Waals surface area contributed by atoms with Crippen LogP contribution in [-0.4, -0.2) is 29.1 Å². The lowest BCUT2D eigenvalue weighted by Crippen LogP contribution is -2.06. The van der Waals surface area contributed by atoms with Gasteiger partial charge in [0.25, 0.3) is 0 Å². The standard InChI is InChI=1S/C14H12Cl2F2N4O3/c1-3-24-14(23)20-19-9-6-7(4-5-8(9)15)11-10(16)12(22(2)21-11)25-13(17)18/h4-6,13H,3H2,1-2H3. The number of benzene rings is 1. The van der Waals surface area contributed by atoms with Gasteiger partial charge in [-0.2, -0.15) is 13.9 Å². The molecule has 1 aromatic heterocycles. The average Bonchev–Trinajstić information content (AvgIpc) is 2.82. The second-order valence-corrected chi connectivity index (χ2v) is 5.32. The Kier molecular flexibility index (Phi) is 6.27. The van der Waals surface area contributed by atoms with Crippen molar-refractivity contribution < 1.29 is 23.0 Å². The van der Waals surface area contributed by atoms with Gasteiger partial charge in [-0.15, -0.1) is 5.11 Å². The number of carbonyl (C=O) groups is 1. The van der Waals surface area contributed by atoms with E-state index in [0.29, 0.717) is 5.56 Å². The van der Waals surface area contributed by atoms with Gasteiger partial charge in [-0.3, -0.25) is 0 Å². The number of hydrogen-bond donors (Lipinski definition) is 0. The van der Waals surface area contributed by atoms with E-state index < -0.39 is 12.7 Å². The van der Waals surface area contributed by atoms with E-state index in [4.69, 9.17) is 23.2 Å². The van der Waals surface area contributed by atoms with Crippen LogP contribution in [0.3, 0.4) is 0 Å². The molecule has 0 radical (unpaired) electrons. The zero-order valence-electron chi connectivity index (χ0n) is 13.0. The Morgan fingerprint density at radius 2 is 2.12 bits per heavy atom. The number of azo groups is 1. The molecule has 1 aromatic carbocycles. The molecule has 0 atom stereocenters. The van der Waals surface area contributed by atoms with Crippen molar-refractivity contribution in [2.45, 2.75) is 13.5 Å². The Labute approximate surface area is 151 Å². The SMILES string of the molecule is CCOC(=O)N=Nc1cc(-c2nn(C)c(OC(F)F)c2Cl)ccc1Cl. The fourth-order valence-electron chi connectivity index (χ4n) is 1.86. The maximum atomic E-state index is 12.4. The molecule has 11 heteroatoms. The van der Waals surface area contributed by atoms with E-state index in [1.54, 1.807) is 13.0 Å². The van der Waals surface area contributed by atoms with Crippen LogP contribution in [0, 0.1) is 0 Å². The van der Waals surface area contributed by atoms with Crippen molar-refractivity contribution in [2.75, 3.05) is 6.61 Å². The Hall–Kier alpha value is -2.26. The van der Waals surface area contributed by atoms with Gasteiger partial charge in [0.05, 0.1) is 11.6 Å². The molecular formula is C14H12Cl2F2N4O3. The third-order valence-corrected chi connectivity index (χ3v) is 3.53. The highest BCUT2D eigenvalue weighted by molar-refractivity contribution is 6.35. The lowest BCUT2D eigenvalue weighted by Gasteiger charge is -2.04. The minimum Gasteiger partial charge on any atom is -0.447 e. The maximum Gasteiger partial charge on any atom is 0.452 e. The summed E-state index contributed by atoms with van der Waals surface area (Å²) < 4.78 is 34.9. The summed E-state index contributed by atoms with van der Waals surface area (Å²) in [6.45, 7) is -1.26. The van der Waals surface area contributed by atoms with Gasteiger partial charge in [0.15, 0.2) is 0 Å². The van der Waals surface area contributed by atoms with Gasteiger partial charge >= 0.3 is 12.7 Å². The summed E-state index contributed by atoms with van der Waals surface area (Å²) in [4.78, 5) is 11.2. The smallest absolute Gasteiger partial charge is 0.447 e. The van der Waals surface area contributed by atoms with E-state index in [2.05, 4.69) is 24.8 Å². The Morgan fingerprint density at radius 1 is 1.40 bits per heavy atom. The quantitative estimate of drug-likeness (QED) is 0.652. The van der Waals surface area contributed by atoms with E-state index >= 15 is 0 Å². The minimum atomic E-state index is -3.04. The highest BCUT2D eigenvalue weighted by atomic mass is 35.5. The van der Waals surface area contributed by atoms with Crippen LogP contribution >= 0.6 is 23.2 Å². The molecule has 0 spiro atoms. The molecule has 0 aliphatic heterocycles. The summed E-state index contributed by atoms with van der Waals surface area (Å²) in [6.07, 6.45) is -0.868. The van der Waals surface area contributed by atoms with E-state index in [1.165, 1.54) is 19.2 Å². The molecule has 0 fully saturated rings. The molecular weight excluding hydrogens is 381 g/mol. The molecule has 7 nitrogen and oxygen atoms in total. The van der Waals surface area contributed by atoms with Gasteiger partial charge in [0.1, 0.15) is 16.4 Å². The second-order valence-electron chi connectivity index (χ2n) is 4.53. The first-order chi connectivity index (χ1) is 11.8. The third-order valence-electron chi connectivity index (χ3n) is 2.87. The molecule has 25 heavy (non-hydrogen) atoms. The Bertz CT molecular complexity index is 812. The second kappa shape index (κ2) is 8.21. The molecule has 0 saturated heterocycles. The molecule has 1 amide bonds. The van der Waals surface area contributed by atoms with Crippen LogP contribution < -0.4 is 4.74 Å². The Morgan fingerprint density at radius 3 is 2.76 bits per heavy atom. The van der Waals surface area contributed by atoms with Crippen molar-refractivity contribution in [1.29, 1.82) is 0 Å². The van der Waals surface area contributed by atoms with Crippen LogP contribution in [0.5, 0.6) is 5.88 Å².